The summed E-state index contributed by atoms with van der Waals surface area (Å²) in [6, 6.07) is 1.19. The van der Waals surface area contributed by atoms with Gasteiger partial charge in [0.05, 0.1) is 0 Å². The summed E-state index contributed by atoms with van der Waals surface area (Å²) in [4.78, 5) is 4.07. The minimum Gasteiger partial charge on any atom is -0.338 e. The molecule has 1 aliphatic heterocycles. The van der Waals surface area contributed by atoms with Crippen LogP contribution in [0.15, 0.2) is 4.52 Å². The van der Waals surface area contributed by atoms with Crippen LogP contribution in [0.3, 0.4) is 0 Å². The van der Waals surface area contributed by atoms with Crippen molar-refractivity contribution in [3.63, 3.8) is 0 Å². The van der Waals surface area contributed by atoms with E-state index < -0.39 is 0 Å². The SMILES string of the molecule is Cc1noc(NCC[C@H]2CCCN2)n1. The Kier molecular flexibility index (Phi) is 2.98. The standard InChI is InChI=1S/C9H16N4O/c1-7-12-9(14-13-7)11-6-4-8-3-2-5-10-8/h8,10H,2-6H2,1H3,(H,11,12,13)/t8-/m1/s1. The number of aryl methyl sites for hydroxylation is 1. The van der Waals surface area contributed by atoms with E-state index >= 15 is 0 Å². The first-order valence-electron chi connectivity index (χ1n) is 5.12. The van der Waals surface area contributed by atoms with Crippen molar-refractivity contribution in [3.05, 3.63) is 5.82 Å². The quantitative estimate of drug-likeness (QED) is 0.750. The summed E-state index contributed by atoms with van der Waals surface area (Å²) in [5, 5.41) is 10.3. The monoisotopic (exact) mass is 196 g/mol. The van der Waals surface area contributed by atoms with Crippen LogP contribution in [0.5, 0.6) is 0 Å². The van der Waals surface area contributed by atoms with Crippen LogP contribution in [0.4, 0.5) is 6.01 Å². The molecular weight excluding hydrogens is 180 g/mol. The fourth-order valence-corrected chi connectivity index (χ4v) is 1.73. The van der Waals surface area contributed by atoms with Gasteiger partial charge in [-0.15, -0.1) is 0 Å². The third-order valence-electron chi connectivity index (χ3n) is 2.46. The van der Waals surface area contributed by atoms with Crippen molar-refractivity contribution in [1.29, 1.82) is 0 Å². The second-order valence-electron chi connectivity index (χ2n) is 3.66. The molecule has 1 aliphatic rings. The highest BCUT2D eigenvalue weighted by atomic mass is 16.5. The van der Waals surface area contributed by atoms with Gasteiger partial charge in [-0.2, -0.15) is 4.98 Å². The first kappa shape index (κ1) is 9.45. The van der Waals surface area contributed by atoms with Gasteiger partial charge in [-0.25, -0.2) is 0 Å². The van der Waals surface area contributed by atoms with Crippen LogP contribution in [0.2, 0.25) is 0 Å². The van der Waals surface area contributed by atoms with Crippen molar-refractivity contribution in [2.24, 2.45) is 0 Å². The molecule has 14 heavy (non-hydrogen) atoms. The van der Waals surface area contributed by atoms with E-state index in [4.69, 9.17) is 4.52 Å². The summed E-state index contributed by atoms with van der Waals surface area (Å²) in [5.74, 6) is 0.673. The lowest BCUT2D eigenvalue weighted by molar-refractivity contribution is 0.424. The Balaban J connectivity index is 1.67. The summed E-state index contributed by atoms with van der Waals surface area (Å²) in [6.45, 7) is 3.86. The van der Waals surface area contributed by atoms with Crippen LogP contribution in [-0.4, -0.2) is 29.3 Å². The number of nitrogens with zero attached hydrogens (tertiary/aromatic N) is 2. The molecule has 0 amide bonds. The van der Waals surface area contributed by atoms with Crippen molar-refractivity contribution in [1.82, 2.24) is 15.5 Å². The second-order valence-corrected chi connectivity index (χ2v) is 3.66. The molecular formula is C9H16N4O. The minimum absolute atomic E-state index is 0.528. The summed E-state index contributed by atoms with van der Waals surface area (Å²) in [7, 11) is 0. The van der Waals surface area contributed by atoms with E-state index in [1.165, 1.54) is 12.8 Å². The van der Waals surface area contributed by atoms with Gasteiger partial charge in [-0.3, -0.25) is 0 Å². The molecule has 2 N–H and O–H groups in total. The number of rotatable bonds is 4. The number of hydrogen-bond donors (Lipinski definition) is 2. The van der Waals surface area contributed by atoms with Gasteiger partial charge >= 0.3 is 6.01 Å². The second kappa shape index (κ2) is 4.41. The summed E-state index contributed by atoms with van der Waals surface area (Å²) in [6.07, 6.45) is 3.69. The van der Waals surface area contributed by atoms with Gasteiger partial charge in [0.2, 0.25) is 0 Å². The predicted molar refractivity (Wildman–Crippen MR) is 53.2 cm³/mol. The van der Waals surface area contributed by atoms with E-state index in [0.717, 1.165) is 19.5 Å². The Labute approximate surface area is 83.3 Å². The highest BCUT2D eigenvalue weighted by Gasteiger charge is 2.13. The summed E-state index contributed by atoms with van der Waals surface area (Å²) >= 11 is 0. The smallest absolute Gasteiger partial charge is 0.321 e. The Bertz CT molecular complexity index is 280. The fourth-order valence-electron chi connectivity index (χ4n) is 1.73. The Morgan fingerprint density at radius 1 is 1.64 bits per heavy atom. The largest absolute Gasteiger partial charge is 0.338 e. The van der Waals surface area contributed by atoms with Crippen molar-refractivity contribution >= 4 is 6.01 Å². The Morgan fingerprint density at radius 2 is 2.57 bits per heavy atom. The normalized spacial score (nSPS) is 21.4. The third kappa shape index (κ3) is 2.45. The fraction of sp³-hybridized carbons (Fsp3) is 0.778. The van der Waals surface area contributed by atoms with Gasteiger partial charge in [-0.1, -0.05) is 5.16 Å². The molecule has 0 radical (unpaired) electrons. The predicted octanol–water partition coefficient (Wildman–Crippen LogP) is 0.932. The molecule has 0 saturated carbocycles. The van der Waals surface area contributed by atoms with Gasteiger partial charge in [0, 0.05) is 12.6 Å². The third-order valence-corrected chi connectivity index (χ3v) is 2.46. The molecule has 5 nitrogen and oxygen atoms in total. The molecule has 1 fully saturated rings. The zero-order valence-electron chi connectivity index (χ0n) is 8.42. The molecule has 0 spiro atoms. The molecule has 1 saturated heterocycles. The highest BCUT2D eigenvalue weighted by molar-refractivity contribution is 5.17. The van der Waals surface area contributed by atoms with Crippen molar-refractivity contribution < 1.29 is 4.52 Å². The first-order valence-corrected chi connectivity index (χ1v) is 5.12. The zero-order chi connectivity index (χ0) is 9.80. The van der Waals surface area contributed by atoms with E-state index in [2.05, 4.69) is 20.8 Å². The van der Waals surface area contributed by atoms with E-state index in [1.54, 1.807) is 0 Å². The van der Waals surface area contributed by atoms with Crippen LogP contribution in [0.1, 0.15) is 25.1 Å². The van der Waals surface area contributed by atoms with Crippen LogP contribution < -0.4 is 10.6 Å². The number of hydrogen-bond acceptors (Lipinski definition) is 5. The van der Waals surface area contributed by atoms with Crippen LogP contribution >= 0.6 is 0 Å². The van der Waals surface area contributed by atoms with Crippen LogP contribution in [-0.2, 0) is 0 Å². The molecule has 2 heterocycles. The van der Waals surface area contributed by atoms with E-state index in [9.17, 15) is 0 Å². The molecule has 78 valence electrons. The minimum atomic E-state index is 0.528. The van der Waals surface area contributed by atoms with Gasteiger partial charge in [0.1, 0.15) is 0 Å². The molecule has 1 aromatic heterocycles. The molecule has 0 aliphatic carbocycles. The van der Waals surface area contributed by atoms with Crippen LogP contribution in [0, 0.1) is 6.92 Å². The molecule has 0 aromatic carbocycles. The van der Waals surface area contributed by atoms with E-state index in [1.807, 2.05) is 6.92 Å². The zero-order valence-corrected chi connectivity index (χ0v) is 8.42. The lowest BCUT2D eigenvalue weighted by Crippen LogP contribution is -2.24. The molecule has 5 heteroatoms. The van der Waals surface area contributed by atoms with E-state index in [-0.39, 0.29) is 0 Å². The van der Waals surface area contributed by atoms with Gasteiger partial charge < -0.3 is 15.2 Å². The van der Waals surface area contributed by atoms with Crippen molar-refractivity contribution in [3.8, 4) is 0 Å². The first-order chi connectivity index (χ1) is 6.84. The summed E-state index contributed by atoms with van der Waals surface area (Å²) < 4.78 is 4.94. The van der Waals surface area contributed by atoms with Gasteiger partial charge in [0.15, 0.2) is 5.82 Å². The molecule has 0 bridgehead atoms. The van der Waals surface area contributed by atoms with Crippen LogP contribution in [0.25, 0.3) is 0 Å². The Morgan fingerprint density at radius 3 is 3.21 bits per heavy atom. The lowest BCUT2D eigenvalue weighted by atomic mass is 10.2. The Hall–Kier alpha value is -1.10. The van der Waals surface area contributed by atoms with Crippen molar-refractivity contribution in [2.45, 2.75) is 32.2 Å². The average molecular weight is 196 g/mol. The summed E-state index contributed by atoms with van der Waals surface area (Å²) in [5.41, 5.74) is 0. The maximum Gasteiger partial charge on any atom is 0.321 e. The van der Waals surface area contributed by atoms with Gasteiger partial charge in [0.25, 0.3) is 0 Å². The maximum absolute atomic E-state index is 4.94. The topological polar surface area (TPSA) is 63.0 Å². The lowest BCUT2D eigenvalue weighted by Gasteiger charge is -2.08. The van der Waals surface area contributed by atoms with Crippen molar-refractivity contribution in [2.75, 3.05) is 18.4 Å². The highest BCUT2D eigenvalue weighted by Crippen LogP contribution is 2.09. The molecule has 2 rings (SSSR count). The molecule has 1 atom stereocenters. The number of aromatic nitrogens is 2. The molecule has 0 unspecified atom stereocenters. The van der Waals surface area contributed by atoms with Gasteiger partial charge in [-0.05, 0) is 32.7 Å². The maximum atomic E-state index is 4.94. The van der Waals surface area contributed by atoms with E-state index in [0.29, 0.717) is 17.9 Å². The number of nitrogens with one attached hydrogen (secondary N) is 2. The average Bonchev–Trinajstić information content (AvgIpc) is 2.77. The molecule has 1 aromatic rings. The number of anilines is 1.